The van der Waals surface area contributed by atoms with Crippen LogP contribution < -0.4 is 9.80 Å². The lowest BCUT2D eigenvalue weighted by molar-refractivity contribution is 0.0778. The van der Waals surface area contributed by atoms with Gasteiger partial charge in [0.2, 0.25) is 5.95 Å². The molecule has 7 heteroatoms. The quantitative estimate of drug-likeness (QED) is 0.869. The Balaban J connectivity index is 1.37. The standard InChI is InChI=1S/C20H25FN4O2/c1-27-17-11-25(12-17)20-22-9-16(10-23-20)24-7-5-14(6-8-24)18-4-2-3-15(13-26)19(18)21/h2-4,9-10,14,17,26H,5-8,11-13H2,1H3. The summed E-state index contributed by atoms with van der Waals surface area (Å²) in [6.45, 7) is 3.08. The van der Waals surface area contributed by atoms with E-state index in [0.29, 0.717) is 5.56 Å². The van der Waals surface area contributed by atoms with Crippen molar-refractivity contribution in [2.24, 2.45) is 0 Å². The summed E-state index contributed by atoms with van der Waals surface area (Å²) in [6, 6.07) is 5.31. The Morgan fingerprint density at radius 2 is 1.85 bits per heavy atom. The van der Waals surface area contributed by atoms with Gasteiger partial charge >= 0.3 is 0 Å². The minimum absolute atomic E-state index is 0.181. The lowest BCUT2D eigenvalue weighted by Crippen LogP contribution is -2.52. The number of methoxy groups -OCH3 is 1. The molecule has 1 N–H and O–H groups in total. The van der Waals surface area contributed by atoms with Gasteiger partial charge in [0.1, 0.15) is 5.82 Å². The van der Waals surface area contributed by atoms with Crippen molar-refractivity contribution in [3.8, 4) is 0 Å². The van der Waals surface area contributed by atoms with E-state index in [9.17, 15) is 9.50 Å². The molecule has 2 aromatic rings. The second-order valence-corrected chi connectivity index (χ2v) is 7.24. The summed E-state index contributed by atoms with van der Waals surface area (Å²) in [5.41, 5.74) is 2.10. The Morgan fingerprint density at radius 3 is 2.48 bits per heavy atom. The molecule has 0 radical (unpaired) electrons. The van der Waals surface area contributed by atoms with Gasteiger partial charge in [-0.2, -0.15) is 0 Å². The van der Waals surface area contributed by atoms with E-state index in [1.54, 1.807) is 13.2 Å². The summed E-state index contributed by atoms with van der Waals surface area (Å²) in [5.74, 6) is 0.667. The maximum atomic E-state index is 14.5. The van der Waals surface area contributed by atoms with Crippen molar-refractivity contribution in [1.29, 1.82) is 0 Å². The topological polar surface area (TPSA) is 61.7 Å². The Hall–Kier alpha value is -2.25. The molecular formula is C20H25FN4O2. The molecule has 2 aliphatic rings. The summed E-state index contributed by atoms with van der Waals surface area (Å²) in [4.78, 5) is 13.3. The number of rotatable bonds is 5. The number of nitrogens with zero attached hydrogens (tertiary/aromatic N) is 4. The number of hydrogen-bond donors (Lipinski definition) is 1. The average Bonchev–Trinajstić information content (AvgIpc) is 2.68. The third-order valence-electron chi connectivity index (χ3n) is 5.67. The van der Waals surface area contributed by atoms with Crippen molar-refractivity contribution in [2.45, 2.75) is 31.5 Å². The predicted molar refractivity (Wildman–Crippen MR) is 102 cm³/mol. The fourth-order valence-electron chi connectivity index (χ4n) is 3.88. The fraction of sp³-hybridized carbons (Fsp3) is 0.500. The summed E-state index contributed by atoms with van der Waals surface area (Å²) in [7, 11) is 1.72. The van der Waals surface area contributed by atoms with Crippen LogP contribution >= 0.6 is 0 Å². The van der Waals surface area contributed by atoms with E-state index < -0.39 is 0 Å². The van der Waals surface area contributed by atoms with Crippen LogP contribution in [0.2, 0.25) is 0 Å². The van der Waals surface area contributed by atoms with Crippen molar-refractivity contribution in [3.63, 3.8) is 0 Å². The van der Waals surface area contributed by atoms with Crippen LogP contribution in [0.1, 0.15) is 29.9 Å². The summed E-state index contributed by atoms with van der Waals surface area (Å²) >= 11 is 0. The monoisotopic (exact) mass is 372 g/mol. The molecule has 27 heavy (non-hydrogen) atoms. The zero-order valence-electron chi connectivity index (χ0n) is 15.5. The minimum Gasteiger partial charge on any atom is -0.392 e. The molecule has 0 amide bonds. The van der Waals surface area contributed by atoms with Crippen molar-refractivity contribution < 1.29 is 14.2 Å². The first-order valence-electron chi connectivity index (χ1n) is 9.42. The number of hydrogen-bond acceptors (Lipinski definition) is 6. The van der Waals surface area contributed by atoms with E-state index in [-0.39, 0.29) is 24.4 Å². The Bertz CT molecular complexity index is 772. The Morgan fingerprint density at radius 1 is 1.15 bits per heavy atom. The maximum Gasteiger partial charge on any atom is 0.225 e. The third-order valence-corrected chi connectivity index (χ3v) is 5.67. The molecule has 2 fully saturated rings. The highest BCUT2D eigenvalue weighted by Gasteiger charge is 2.29. The molecular weight excluding hydrogens is 347 g/mol. The lowest BCUT2D eigenvalue weighted by Gasteiger charge is -2.38. The molecule has 2 aliphatic heterocycles. The molecule has 1 aromatic carbocycles. The maximum absolute atomic E-state index is 14.5. The highest BCUT2D eigenvalue weighted by Crippen LogP contribution is 2.32. The van der Waals surface area contributed by atoms with Crippen LogP contribution in [0.5, 0.6) is 0 Å². The van der Waals surface area contributed by atoms with Crippen LogP contribution in [0.15, 0.2) is 30.6 Å². The van der Waals surface area contributed by atoms with Crippen LogP contribution in [-0.2, 0) is 11.3 Å². The molecule has 4 rings (SSSR count). The lowest BCUT2D eigenvalue weighted by atomic mass is 9.88. The van der Waals surface area contributed by atoms with E-state index in [0.717, 1.165) is 56.2 Å². The second-order valence-electron chi connectivity index (χ2n) is 7.24. The van der Waals surface area contributed by atoms with Crippen LogP contribution in [0.25, 0.3) is 0 Å². The number of halogens is 1. The zero-order valence-corrected chi connectivity index (χ0v) is 15.5. The second kappa shape index (κ2) is 7.78. The van der Waals surface area contributed by atoms with Gasteiger partial charge in [0, 0.05) is 38.9 Å². The van der Waals surface area contributed by atoms with Gasteiger partial charge in [0.05, 0.1) is 30.8 Å². The number of anilines is 2. The van der Waals surface area contributed by atoms with Crippen LogP contribution in [0, 0.1) is 5.82 Å². The molecule has 2 saturated heterocycles. The molecule has 144 valence electrons. The number of aliphatic hydroxyl groups excluding tert-OH is 1. The molecule has 1 aromatic heterocycles. The zero-order chi connectivity index (χ0) is 18.8. The van der Waals surface area contributed by atoms with Crippen LogP contribution in [-0.4, -0.2) is 54.5 Å². The Kier molecular flexibility index (Phi) is 5.22. The first-order chi connectivity index (χ1) is 13.2. The molecule has 6 nitrogen and oxygen atoms in total. The van der Waals surface area contributed by atoms with E-state index >= 15 is 0 Å². The van der Waals surface area contributed by atoms with Gasteiger partial charge in [0.15, 0.2) is 0 Å². The van der Waals surface area contributed by atoms with Crippen molar-refractivity contribution in [2.75, 3.05) is 43.1 Å². The van der Waals surface area contributed by atoms with E-state index in [1.165, 1.54) is 0 Å². The van der Waals surface area contributed by atoms with Gasteiger partial charge in [-0.25, -0.2) is 14.4 Å². The molecule has 3 heterocycles. The Labute approximate surface area is 158 Å². The van der Waals surface area contributed by atoms with Gasteiger partial charge < -0.3 is 19.6 Å². The molecule has 0 atom stereocenters. The number of aliphatic hydroxyl groups is 1. The number of piperidine rings is 1. The smallest absolute Gasteiger partial charge is 0.225 e. The third kappa shape index (κ3) is 3.61. The van der Waals surface area contributed by atoms with Gasteiger partial charge in [-0.1, -0.05) is 18.2 Å². The predicted octanol–water partition coefficient (Wildman–Crippen LogP) is 2.33. The SMILES string of the molecule is COC1CN(c2ncc(N3CCC(c4cccc(CO)c4F)CC3)cn2)C1. The largest absolute Gasteiger partial charge is 0.392 e. The van der Waals surface area contributed by atoms with Gasteiger partial charge in [-0.05, 0) is 24.3 Å². The number of aromatic nitrogens is 2. The highest BCUT2D eigenvalue weighted by atomic mass is 19.1. The number of benzene rings is 1. The minimum atomic E-state index is -0.260. The van der Waals surface area contributed by atoms with E-state index in [4.69, 9.17) is 4.74 Å². The van der Waals surface area contributed by atoms with Crippen molar-refractivity contribution >= 4 is 11.6 Å². The average molecular weight is 372 g/mol. The summed E-state index contributed by atoms with van der Waals surface area (Å²) < 4.78 is 19.8. The molecule has 0 unspecified atom stereocenters. The van der Waals surface area contributed by atoms with Gasteiger partial charge in [0.25, 0.3) is 0 Å². The normalized spacial score (nSPS) is 18.6. The van der Waals surface area contributed by atoms with Crippen LogP contribution in [0.3, 0.4) is 0 Å². The molecule has 0 aliphatic carbocycles. The van der Waals surface area contributed by atoms with Gasteiger partial charge in [-0.3, -0.25) is 0 Å². The molecule has 0 bridgehead atoms. The molecule has 0 saturated carbocycles. The summed E-state index contributed by atoms with van der Waals surface area (Å²) in [5, 5.41) is 9.27. The van der Waals surface area contributed by atoms with Crippen molar-refractivity contribution in [1.82, 2.24) is 9.97 Å². The first-order valence-corrected chi connectivity index (χ1v) is 9.42. The van der Waals surface area contributed by atoms with E-state index in [2.05, 4.69) is 19.8 Å². The summed E-state index contributed by atoms with van der Waals surface area (Å²) in [6.07, 6.45) is 5.76. The fourth-order valence-corrected chi connectivity index (χ4v) is 3.88. The van der Waals surface area contributed by atoms with Crippen molar-refractivity contribution in [3.05, 3.63) is 47.5 Å². The highest BCUT2D eigenvalue weighted by molar-refractivity contribution is 5.47. The van der Waals surface area contributed by atoms with E-state index in [1.807, 2.05) is 24.5 Å². The van der Waals surface area contributed by atoms with Crippen LogP contribution in [0.4, 0.5) is 16.0 Å². The number of ether oxygens (including phenoxy) is 1. The molecule has 0 spiro atoms. The first kappa shape index (κ1) is 18.1. The van der Waals surface area contributed by atoms with Gasteiger partial charge in [-0.15, -0.1) is 0 Å².